The minimum Gasteiger partial charge on any atom is -0.396 e. The zero-order valence-corrected chi connectivity index (χ0v) is 8.08. The van der Waals surface area contributed by atoms with Gasteiger partial charge >= 0.3 is 0 Å². The molecule has 0 aromatic rings. The standard InChI is InChI=1S/C10H20O2/c1-8(2)6-10(7-11)5-3-4-9(10)12/h8-9,11-12H,3-7H2,1-2H3. The maximum absolute atomic E-state index is 9.73. The summed E-state index contributed by atoms with van der Waals surface area (Å²) in [5.74, 6) is 0.560. The highest BCUT2D eigenvalue weighted by atomic mass is 16.3. The van der Waals surface area contributed by atoms with Crippen molar-refractivity contribution in [3.05, 3.63) is 0 Å². The van der Waals surface area contributed by atoms with Crippen molar-refractivity contribution < 1.29 is 10.2 Å². The smallest absolute Gasteiger partial charge is 0.0618 e. The van der Waals surface area contributed by atoms with Crippen LogP contribution >= 0.6 is 0 Å². The van der Waals surface area contributed by atoms with Gasteiger partial charge in [0.15, 0.2) is 0 Å². The quantitative estimate of drug-likeness (QED) is 0.678. The van der Waals surface area contributed by atoms with E-state index in [4.69, 9.17) is 0 Å². The number of hydrogen-bond acceptors (Lipinski definition) is 2. The molecule has 2 unspecified atom stereocenters. The molecule has 1 aliphatic rings. The van der Waals surface area contributed by atoms with Crippen LogP contribution in [0.25, 0.3) is 0 Å². The summed E-state index contributed by atoms with van der Waals surface area (Å²) in [5.41, 5.74) is -0.172. The van der Waals surface area contributed by atoms with E-state index in [2.05, 4.69) is 13.8 Å². The van der Waals surface area contributed by atoms with Crippen LogP contribution in [0, 0.1) is 11.3 Å². The number of aliphatic hydroxyl groups excluding tert-OH is 2. The molecule has 0 spiro atoms. The van der Waals surface area contributed by atoms with Gasteiger partial charge in [-0.05, 0) is 25.2 Å². The van der Waals surface area contributed by atoms with E-state index in [1.165, 1.54) is 0 Å². The lowest BCUT2D eigenvalue weighted by atomic mass is 9.78. The van der Waals surface area contributed by atoms with Gasteiger partial charge in [0, 0.05) is 5.41 Å². The second kappa shape index (κ2) is 3.75. The van der Waals surface area contributed by atoms with Crippen molar-refractivity contribution in [3.8, 4) is 0 Å². The van der Waals surface area contributed by atoms with E-state index in [0.717, 1.165) is 25.7 Å². The van der Waals surface area contributed by atoms with Gasteiger partial charge in [-0.1, -0.05) is 20.3 Å². The zero-order chi connectivity index (χ0) is 9.19. The Hall–Kier alpha value is -0.0800. The van der Waals surface area contributed by atoms with Gasteiger partial charge in [-0.15, -0.1) is 0 Å². The number of aliphatic hydroxyl groups is 2. The second-order valence-electron chi connectivity index (χ2n) is 4.53. The summed E-state index contributed by atoms with van der Waals surface area (Å²) in [6.45, 7) is 4.43. The molecule has 12 heavy (non-hydrogen) atoms. The third-order valence-electron chi connectivity index (χ3n) is 2.99. The molecule has 0 aromatic carbocycles. The predicted octanol–water partition coefficient (Wildman–Crippen LogP) is 1.56. The molecule has 0 saturated heterocycles. The van der Waals surface area contributed by atoms with E-state index >= 15 is 0 Å². The van der Waals surface area contributed by atoms with E-state index in [9.17, 15) is 10.2 Å². The lowest BCUT2D eigenvalue weighted by molar-refractivity contribution is -0.00783. The van der Waals surface area contributed by atoms with Gasteiger partial charge in [0.1, 0.15) is 0 Å². The topological polar surface area (TPSA) is 40.5 Å². The monoisotopic (exact) mass is 172 g/mol. The summed E-state index contributed by atoms with van der Waals surface area (Å²) in [6, 6.07) is 0. The Bertz CT molecular complexity index is 145. The van der Waals surface area contributed by atoms with Crippen molar-refractivity contribution in [2.45, 2.75) is 45.6 Å². The van der Waals surface area contributed by atoms with Crippen molar-refractivity contribution >= 4 is 0 Å². The maximum Gasteiger partial charge on any atom is 0.0618 e. The molecule has 1 aliphatic carbocycles. The van der Waals surface area contributed by atoms with Crippen LogP contribution in [0.4, 0.5) is 0 Å². The van der Waals surface area contributed by atoms with Gasteiger partial charge in [0.2, 0.25) is 0 Å². The lowest BCUT2D eigenvalue weighted by Crippen LogP contribution is -2.35. The van der Waals surface area contributed by atoms with Gasteiger partial charge in [-0.3, -0.25) is 0 Å². The van der Waals surface area contributed by atoms with Crippen LogP contribution in [0.3, 0.4) is 0 Å². The Morgan fingerprint density at radius 3 is 2.50 bits per heavy atom. The minimum absolute atomic E-state index is 0.145. The zero-order valence-electron chi connectivity index (χ0n) is 8.08. The fraction of sp³-hybridized carbons (Fsp3) is 1.00. The van der Waals surface area contributed by atoms with Crippen LogP contribution in [-0.4, -0.2) is 22.9 Å². The van der Waals surface area contributed by atoms with Crippen molar-refractivity contribution in [1.29, 1.82) is 0 Å². The predicted molar refractivity (Wildman–Crippen MR) is 48.8 cm³/mol. The number of rotatable bonds is 3. The van der Waals surface area contributed by atoms with Gasteiger partial charge in [0.25, 0.3) is 0 Å². The summed E-state index contributed by atoms with van der Waals surface area (Å²) in [6.07, 6.45) is 3.60. The van der Waals surface area contributed by atoms with Gasteiger partial charge in [-0.2, -0.15) is 0 Å². The molecular weight excluding hydrogens is 152 g/mol. The molecule has 0 heterocycles. The molecule has 1 saturated carbocycles. The fourth-order valence-corrected chi connectivity index (χ4v) is 2.42. The highest BCUT2D eigenvalue weighted by Crippen LogP contribution is 2.42. The largest absolute Gasteiger partial charge is 0.396 e. The van der Waals surface area contributed by atoms with Crippen LogP contribution in [0.2, 0.25) is 0 Å². The molecule has 0 radical (unpaired) electrons. The summed E-state index contributed by atoms with van der Waals surface area (Å²) in [4.78, 5) is 0. The highest BCUT2D eigenvalue weighted by Gasteiger charge is 2.41. The molecule has 0 amide bonds. The average molecular weight is 172 g/mol. The van der Waals surface area contributed by atoms with Crippen LogP contribution in [0.5, 0.6) is 0 Å². The third kappa shape index (κ3) is 1.80. The first-order valence-corrected chi connectivity index (χ1v) is 4.89. The Kier molecular flexibility index (Phi) is 3.13. The van der Waals surface area contributed by atoms with E-state index in [1.54, 1.807) is 0 Å². The van der Waals surface area contributed by atoms with Crippen molar-refractivity contribution in [2.24, 2.45) is 11.3 Å². The normalized spacial score (nSPS) is 36.2. The van der Waals surface area contributed by atoms with Gasteiger partial charge in [0.05, 0.1) is 12.7 Å². The van der Waals surface area contributed by atoms with Crippen molar-refractivity contribution in [3.63, 3.8) is 0 Å². The molecule has 72 valence electrons. The summed E-state index contributed by atoms with van der Waals surface area (Å²) >= 11 is 0. The lowest BCUT2D eigenvalue weighted by Gasteiger charge is -2.32. The molecule has 1 rings (SSSR count). The first-order chi connectivity index (χ1) is 5.60. The van der Waals surface area contributed by atoms with E-state index < -0.39 is 0 Å². The third-order valence-corrected chi connectivity index (χ3v) is 2.99. The highest BCUT2D eigenvalue weighted by molar-refractivity contribution is 4.92. The molecule has 1 fully saturated rings. The molecule has 2 nitrogen and oxygen atoms in total. The average Bonchev–Trinajstić information content (AvgIpc) is 2.32. The minimum atomic E-state index is -0.273. The maximum atomic E-state index is 9.73. The molecule has 0 aliphatic heterocycles. The first-order valence-electron chi connectivity index (χ1n) is 4.89. The van der Waals surface area contributed by atoms with Gasteiger partial charge < -0.3 is 10.2 Å². The summed E-state index contributed by atoms with van der Waals surface area (Å²) in [7, 11) is 0. The molecule has 2 heteroatoms. The Morgan fingerprint density at radius 2 is 2.17 bits per heavy atom. The fourth-order valence-electron chi connectivity index (χ4n) is 2.42. The SMILES string of the molecule is CC(C)CC1(CO)CCCC1O. The second-order valence-corrected chi connectivity index (χ2v) is 4.53. The van der Waals surface area contributed by atoms with Crippen molar-refractivity contribution in [2.75, 3.05) is 6.61 Å². The van der Waals surface area contributed by atoms with Crippen LogP contribution in [0.1, 0.15) is 39.5 Å². The molecular formula is C10H20O2. The summed E-state index contributed by atoms with van der Waals surface area (Å²) in [5, 5.41) is 19.0. The summed E-state index contributed by atoms with van der Waals surface area (Å²) < 4.78 is 0. The van der Waals surface area contributed by atoms with Crippen molar-refractivity contribution in [1.82, 2.24) is 0 Å². The van der Waals surface area contributed by atoms with Crippen LogP contribution in [0.15, 0.2) is 0 Å². The molecule has 2 atom stereocenters. The van der Waals surface area contributed by atoms with Gasteiger partial charge in [-0.25, -0.2) is 0 Å². The Balaban J connectivity index is 2.61. The first kappa shape index (κ1) is 10.0. The van der Waals surface area contributed by atoms with E-state index in [0.29, 0.717) is 5.92 Å². The Morgan fingerprint density at radius 1 is 1.50 bits per heavy atom. The molecule has 2 N–H and O–H groups in total. The van der Waals surface area contributed by atoms with Crippen LogP contribution < -0.4 is 0 Å². The Labute approximate surface area is 74.6 Å². The molecule has 0 aromatic heterocycles. The van der Waals surface area contributed by atoms with Crippen LogP contribution in [-0.2, 0) is 0 Å². The number of hydrogen-bond donors (Lipinski definition) is 2. The van der Waals surface area contributed by atoms with E-state index in [1.807, 2.05) is 0 Å². The molecule has 0 bridgehead atoms. The van der Waals surface area contributed by atoms with E-state index in [-0.39, 0.29) is 18.1 Å².